The van der Waals surface area contributed by atoms with E-state index in [9.17, 15) is 14.7 Å². The molecule has 8 nitrogen and oxygen atoms in total. The predicted molar refractivity (Wildman–Crippen MR) is 94.6 cm³/mol. The molecule has 1 amide bonds. The molecule has 0 aliphatic carbocycles. The zero-order valence-electron chi connectivity index (χ0n) is 14.3. The number of fused-ring (bicyclic) bond motifs is 2. The number of H-pyrrole nitrogens is 1. The quantitative estimate of drug-likeness (QED) is 0.721. The number of aliphatic hydroxyl groups excluding tert-OH is 1. The molecule has 2 aromatic heterocycles. The third-order valence-electron chi connectivity index (χ3n) is 4.59. The Balaban J connectivity index is 1.71. The maximum absolute atomic E-state index is 13.1. The minimum atomic E-state index is -0.656. The van der Waals surface area contributed by atoms with Gasteiger partial charge in [-0.3, -0.25) is 9.48 Å². The third kappa shape index (κ3) is 2.88. The van der Waals surface area contributed by atoms with Gasteiger partial charge in [0.05, 0.1) is 29.6 Å². The first kappa shape index (κ1) is 16.5. The second kappa shape index (κ2) is 6.38. The fraction of sp³-hybridized carbons (Fsp3) is 0.333. The standard InChI is InChI=1S/C18H19N5O3/c1-11(24)15-9-12-10-22(7-4-8-23(12)21-15)17(25)16-13-5-2-3-6-14(13)19-18(26)20-16/h2-3,5-6,9,11,24H,4,7-8,10H2,1H3,(H,19,20,26). The van der Waals surface area contributed by atoms with E-state index in [0.717, 1.165) is 12.1 Å². The monoisotopic (exact) mass is 353 g/mol. The molecule has 2 N–H and O–H groups in total. The molecule has 1 aliphatic heterocycles. The van der Waals surface area contributed by atoms with E-state index >= 15 is 0 Å². The van der Waals surface area contributed by atoms with Gasteiger partial charge in [0.2, 0.25) is 0 Å². The lowest BCUT2D eigenvalue weighted by Crippen LogP contribution is -2.33. The fourth-order valence-electron chi connectivity index (χ4n) is 3.28. The molecular formula is C18H19N5O3. The number of aromatic nitrogens is 4. The Morgan fingerprint density at radius 2 is 2.12 bits per heavy atom. The number of para-hydroxylation sites is 1. The minimum Gasteiger partial charge on any atom is -0.387 e. The van der Waals surface area contributed by atoms with Gasteiger partial charge < -0.3 is 15.0 Å². The summed E-state index contributed by atoms with van der Waals surface area (Å²) in [5, 5.41) is 14.8. The SMILES string of the molecule is CC(O)c1cc2n(n1)CCCN(C(=O)c1nc(=O)[nH]c3ccccc13)C2. The highest BCUT2D eigenvalue weighted by Crippen LogP contribution is 2.21. The fourth-order valence-corrected chi connectivity index (χ4v) is 3.28. The highest BCUT2D eigenvalue weighted by Gasteiger charge is 2.25. The number of aromatic amines is 1. The van der Waals surface area contributed by atoms with E-state index in [1.807, 2.05) is 16.8 Å². The van der Waals surface area contributed by atoms with E-state index in [2.05, 4.69) is 15.1 Å². The molecule has 1 aliphatic rings. The lowest BCUT2D eigenvalue weighted by atomic mass is 10.1. The summed E-state index contributed by atoms with van der Waals surface area (Å²) >= 11 is 0. The van der Waals surface area contributed by atoms with E-state index in [-0.39, 0.29) is 11.6 Å². The topological polar surface area (TPSA) is 104 Å². The van der Waals surface area contributed by atoms with Gasteiger partial charge in [0.25, 0.3) is 5.91 Å². The zero-order chi connectivity index (χ0) is 18.3. The van der Waals surface area contributed by atoms with Gasteiger partial charge in [0.15, 0.2) is 0 Å². The van der Waals surface area contributed by atoms with Crippen LogP contribution in [0.25, 0.3) is 10.9 Å². The maximum atomic E-state index is 13.1. The number of hydrogen-bond acceptors (Lipinski definition) is 5. The van der Waals surface area contributed by atoms with Gasteiger partial charge in [0, 0.05) is 18.5 Å². The second-order valence-corrected chi connectivity index (χ2v) is 6.48. The van der Waals surface area contributed by atoms with E-state index < -0.39 is 11.8 Å². The molecule has 0 spiro atoms. The van der Waals surface area contributed by atoms with E-state index in [0.29, 0.717) is 36.2 Å². The number of carbonyl (C=O) groups is 1. The molecule has 8 heteroatoms. The molecule has 0 radical (unpaired) electrons. The van der Waals surface area contributed by atoms with Crippen LogP contribution in [0.4, 0.5) is 0 Å². The number of aryl methyl sites for hydroxylation is 1. The van der Waals surface area contributed by atoms with Crippen LogP contribution in [0.15, 0.2) is 35.1 Å². The van der Waals surface area contributed by atoms with Crippen LogP contribution in [0.2, 0.25) is 0 Å². The third-order valence-corrected chi connectivity index (χ3v) is 4.59. The predicted octanol–water partition coefficient (Wildman–Crippen LogP) is 1.22. The number of carbonyl (C=O) groups excluding carboxylic acids is 1. The molecule has 0 fully saturated rings. The molecule has 4 rings (SSSR count). The summed E-state index contributed by atoms with van der Waals surface area (Å²) in [6.07, 6.45) is 0.0812. The highest BCUT2D eigenvalue weighted by molar-refractivity contribution is 6.04. The van der Waals surface area contributed by atoms with Crippen LogP contribution in [0.1, 0.15) is 41.3 Å². The summed E-state index contributed by atoms with van der Waals surface area (Å²) in [7, 11) is 0. The number of hydrogen-bond donors (Lipinski definition) is 2. The summed E-state index contributed by atoms with van der Waals surface area (Å²) in [4.78, 5) is 33.2. The zero-order valence-corrected chi connectivity index (χ0v) is 14.3. The van der Waals surface area contributed by atoms with Crippen LogP contribution < -0.4 is 5.69 Å². The van der Waals surface area contributed by atoms with Crippen molar-refractivity contribution in [1.29, 1.82) is 0 Å². The van der Waals surface area contributed by atoms with Crippen LogP contribution in [-0.4, -0.2) is 42.2 Å². The first-order chi connectivity index (χ1) is 12.5. The molecule has 0 saturated heterocycles. The van der Waals surface area contributed by atoms with Gasteiger partial charge in [-0.15, -0.1) is 0 Å². The summed E-state index contributed by atoms with van der Waals surface area (Å²) in [6.45, 7) is 3.25. The average molecular weight is 353 g/mol. The van der Waals surface area contributed by atoms with Crippen molar-refractivity contribution in [1.82, 2.24) is 24.6 Å². The van der Waals surface area contributed by atoms with Crippen LogP contribution in [-0.2, 0) is 13.1 Å². The van der Waals surface area contributed by atoms with Crippen molar-refractivity contribution in [2.45, 2.75) is 32.5 Å². The van der Waals surface area contributed by atoms with Crippen molar-refractivity contribution in [3.63, 3.8) is 0 Å². The van der Waals surface area contributed by atoms with Crippen LogP contribution in [0, 0.1) is 0 Å². The molecule has 3 heterocycles. The van der Waals surface area contributed by atoms with E-state index in [4.69, 9.17) is 0 Å². The maximum Gasteiger partial charge on any atom is 0.346 e. The van der Waals surface area contributed by atoms with Crippen LogP contribution in [0.3, 0.4) is 0 Å². The molecule has 134 valence electrons. The van der Waals surface area contributed by atoms with Crippen molar-refractivity contribution in [2.24, 2.45) is 0 Å². The van der Waals surface area contributed by atoms with Crippen LogP contribution >= 0.6 is 0 Å². The largest absolute Gasteiger partial charge is 0.387 e. The summed E-state index contributed by atoms with van der Waals surface area (Å²) < 4.78 is 1.83. The van der Waals surface area contributed by atoms with Crippen molar-refractivity contribution in [3.05, 3.63) is 57.9 Å². The van der Waals surface area contributed by atoms with E-state index in [1.165, 1.54) is 0 Å². The molecular weight excluding hydrogens is 334 g/mol. The van der Waals surface area contributed by atoms with E-state index in [1.54, 1.807) is 30.0 Å². The van der Waals surface area contributed by atoms with Gasteiger partial charge in [-0.25, -0.2) is 4.79 Å². The van der Waals surface area contributed by atoms with Gasteiger partial charge in [-0.05, 0) is 25.5 Å². The number of amides is 1. The molecule has 1 atom stereocenters. The Morgan fingerprint density at radius 1 is 1.31 bits per heavy atom. The molecule has 1 unspecified atom stereocenters. The number of rotatable bonds is 2. The van der Waals surface area contributed by atoms with Gasteiger partial charge in [-0.2, -0.15) is 10.1 Å². The summed E-state index contributed by atoms with van der Waals surface area (Å²) in [5.74, 6) is -0.277. The smallest absolute Gasteiger partial charge is 0.346 e. The second-order valence-electron chi connectivity index (χ2n) is 6.48. The first-order valence-corrected chi connectivity index (χ1v) is 8.56. The van der Waals surface area contributed by atoms with Crippen LogP contribution in [0.5, 0.6) is 0 Å². The Bertz CT molecular complexity index is 1040. The minimum absolute atomic E-state index is 0.160. The number of benzene rings is 1. The summed E-state index contributed by atoms with van der Waals surface area (Å²) in [6, 6.07) is 8.96. The molecule has 26 heavy (non-hydrogen) atoms. The van der Waals surface area contributed by atoms with Gasteiger partial charge in [0.1, 0.15) is 5.69 Å². The lowest BCUT2D eigenvalue weighted by molar-refractivity contribution is 0.0741. The first-order valence-electron chi connectivity index (χ1n) is 8.56. The molecule has 0 saturated carbocycles. The Hall–Kier alpha value is -3.00. The summed E-state index contributed by atoms with van der Waals surface area (Å²) in [5.41, 5.74) is 1.67. The van der Waals surface area contributed by atoms with Gasteiger partial charge >= 0.3 is 5.69 Å². The average Bonchev–Trinajstić information content (AvgIpc) is 2.92. The molecule has 0 bridgehead atoms. The van der Waals surface area contributed by atoms with Crippen molar-refractivity contribution >= 4 is 16.8 Å². The molecule has 3 aromatic rings. The number of aliphatic hydroxyl groups is 1. The normalized spacial score (nSPS) is 15.5. The lowest BCUT2D eigenvalue weighted by Gasteiger charge is -2.20. The Kier molecular flexibility index (Phi) is 4.04. The Morgan fingerprint density at radius 3 is 2.92 bits per heavy atom. The van der Waals surface area contributed by atoms with Gasteiger partial charge in [-0.1, -0.05) is 18.2 Å². The van der Waals surface area contributed by atoms with Crippen molar-refractivity contribution in [2.75, 3.05) is 6.54 Å². The number of nitrogens with zero attached hydrogens (tertiary/aromatic N) is 4. The number of nitrogens with one attached hydrogen (secondary N) is 1. The highest BCUT2D eigenvalue weighted by atomic mass is 16.3. The Labute approximate surface area is 149 Å². The molecule has 1 aromatic carbocycles. The van der Waals surface area contributed by atoms with Crippen molar-refractivity contribution < 1.29 is 9.90 Å². The van der Waals surface area contributed by atoms with Crippen molar-refractivity contribution in [3.8, 4) is 0 Å².